The summed E-state index contributed by atoms with van der Waals surface area (Å²) in [5, 5.41) is 2.90. The van der Waals surface area contributed by atoms with Gasteiger partial charge in [0.2, 0.25) is 5.95 Å². The molecule has 1 atom stereocenters. The third-order valence-corrected chi connectivity index (χ3v) is 3.38. The average Bonchev–Trinajstić information content (AvgIpc) is 2.61. The molecule has 0 unspecified atom stereocenters. The first kappa shape index (κ1) is 14.8. The van der Waals surface area contributed by atoms with E-state index in [1.54, 1.807) is 6.20 Å². The maximum absolute atomic E-state index is 13.2. The van der Waals surface area contributed by atoms with E-state index in [0.717, 1.165) is 11.6 Å². The van der Waals surface area contributed by atoms with E-state index < -0.39 is 12.0 Å². The molecule has 1 aromatic carbocycles. The number of rotatable bonds is 4. The van der Waals surface area contributed by atoms with Crippen LogP contribution in [0.3, 0.4) is 0 Å². The molecule has 23 heavy (non-hydrogen) atoms. The van der Waals surface area contributed by atoms with Crippen molar-refractivity contribution in [3.63, 3.8) is 0 Å². The minimum absolute atomic E-state index is 0.217. The number of aromatic nitrogens is 2. The monoisotopic (exact) mass is 307 g/mol. The fraction of sp³-hybridized carbons (Fsp3) is 0.0556. The summed E-state index contributed by atoms with van der Waals surface area (Å²) in [6.45, 7) is 0. The standard InChI is InChI=1S/C18H14FN3O/c19-16-12-14(9-11-21-16)18(23)22-17(13-6-2-1-3-7-13)15-8-4-5-10-20-15/h1-12,17H,(H,22,23)/t17-/m0/s1. The second-order valence-corrected chi connectivity index (χ2v) is 4.94. The van der Waals surface area contributed by atoms with Crippen molar-refractivity contribution in [2.24, 2.45) is 0 Å². The number of pyridine rings is 2. The highest BCUT2D eigenvalue weighted by atomic mass is 19.1. The maximum atomic E-state index is 13.2. The van der Waals surface area contributed by atoms with Gasteiger partial charge in [-0.05, 0) is 23.8 Å². The van der Waals surface area contributed by atoms with Crippen LogP contribution in [0, 0.1) is 5.95 Å². The third kappa shape index (κ3) is 3.58. The van der Waals surface area contributed by atoms with Gasteiger partial charge in [0.15, 0.2) is 0 Å². The quantitative estimate of drug-likeness (QED) is 0.753. The molecule has 1 N–H and O–H groups in total. The molecule has 3 rings (SSSR count). The van der Waals surface area contributed by atoms with Crippen molar-refractivity contribution in [2.45, 2.75) is 6.04 Å². The average molecular weight is 307 g/mol. The van der Waals surface area contributed by atoms with E-state index in [1.807, 2.05) is 48.5 Å². The van der Waals surface area contributed by atoms with Crippen LogP contribution in [-0.4, -0.2) is 15.9 Å². The van der Waals surface area contributed by atoms with Crippen LogP contribution in [0.1, 0.15) is 27.7 Å². The van der Waals surface area contributed by atoms with E-state index in [0.29, 0.717) is 5.69 Å². The number of hydrogen-bond acceptors (Lipinski definition) is 3. The van der Waals surface area contributed by atoms with Crippen molar-refractivity contribution in [1.82, 2.24) is 15.3 Å². The molecule has 4 nitrogen and oxygen atoms in total. The van der Waals surface area contributed by atoms with Crippen molar-refractivity contribution < 1.29 is 9.18 Å². The number of benzene rings is 1. The summed E-state index contributed by atoms with van der Waals surface area (Å²) < 4.78 is 13.2. The first-order valence-corrected chi connectivity index (χ1v) is 7.12. The van der Waals surface area contributed by atoms with E-state index in [2.05, 4.69) is 15.3 Å². The van der Waals surface area contributed by atoms with Gasteiger partial charge in [0.05, 0.1) is 11.7 Å². The van der Waals surface area contributed by atoms with Gasteiger partial charge in [-0.2, -0.15) is 4.39 Å². The maximum Gasteiger partial charge on any atom is 0.252 e. The largest absolute Gasteiger partial charge is 0.340 e. The molecule has 1 amide bonds. The Balaban J connectivity index is 1.92. The number of amides is 1. The third-order valence-electron chi connectivity index (χ3n) is 3.38. The highest BCUT2D eigenvalue weighted by molar-refractivity contribution is 5.94. The minimum atomic E-state index is -0.688. The van der Waals surface area contributed by atoms with Crippen LogP contribution in [0.2, 0.25) is 0 Å². The van der Waals surface area contributed by atoms with Crippen molar-refractivity contribution in [1.29, 1.82) is 0 Å². The Morgan fingerprint density at radius 3 is 2.43 bits per heavy atom. The van der Waals surface area contributed by atoms with Gasteiger partial charge in [0.1, 0.15) is 0 Å². The zero-order valence-electron chi connectivity index (χ0n) is 12.2. The number of nitrogens with zero attached hydrogens (tertiary/aromatic N) is 2. The number of hydrogen-bond donors (Lipinski definition) is 1. The molecule has 0 saturated heterocycles. The predicted octanol–water partition coefficient (Wildman–Crippen LogP) is 3.14. The zero-order chi connectivity index (χ0) is 16.1. The Labute approximate surface area is 133 Å². The predicted molar refractivity (Wildman–Crippen MR) is 84.2 cm³/mol. The van der Waals surface area contributed by atoms with Crippen LogP contribution in [-0.2, 0) is 0 Å². The molecular weight excluding hydrogens is 293 g/mol. The smallest absolute Gasteiger partial charge is 0.252 e. The SMILES string of the molecule is O=C(N[C@@H](c1ccccc1)c1ccccn1)c1ccnc(F)c1. The lowest BCUT2D eigenvalue weighted by atomic mass is 10.0. The van der Waals surface area contributed by atoms with Gasteiger partial charge in [-0.15, -0.1) is 0 Å². The van der Waals surface area contributed by atoms with Gasteiger partial charge < -0.3 is 5.32 Å². The van der Waals surface area contributed by atoms with Crippen molar-refractivity contribution >= 4 is 5.91 Å². The van der Waals surface area contributed by atoms with Gasteiger partial charge in [0, 0.05) is 24.0 Å². The highest BCUT2D eigenvalue weighted by Crippen LogP contribution is 2.20. The van der Waals surface area contributed by atoms with E-state index in [-0.39, 0.29) is 11.5 Å². The summed E-state index contributed by atoms with van der Waals surface area (Å²) in [4.78, 5) is 20.2. The first-order chi connectivity index (χ1) is 11.2. The number of halogens is 1. The van der Waals surface area contributed by atoms with Gasteiger partial charge >= 0.3 is 0 Å². The summed E-state index contributed by atoms with van der Waals surface area (Å²) in [5.74, 6) is -1.07. The highest BCUT2D eigenvalue weighted by Gasteiger charge is 2.19. The van der Waals surface area contributed by atoms with Crippen LogP contribution in [0.15, 0.2) is 73.1 Å². The van der Waals surface area contributed by atoms with Crippen molar-refractivity contribution in [3.05, 3.63) is 95.8 Å². The van der Waals surface area contributed by atoms with Crippen LogP contribution in [0.5, 0.6) is 0 Å². The normalized spacial score (nSPS) is 11.7. The van der Waals surface area contributed by atoms with E-state index in [4.69, 9.17) is 0 Å². The Bertz CT molecular complexity index is 754. The van der Waals surface area contributed by atoms with E-state index in [1.165, 1.54) is 12.3 Å². The van der Waals surface area contributed by atoms with Crippen molar-refractivity contribution in [3.8, 4) is 0 Å². The number of carbonyl (C=O) groups is 1. The molecule has 0 aliphatic rings. The molecule has 0 bridgehead atoms. The summed E-state index contributed by atoms with van der Waals surface area (Å²) in [5.41, 5.74) is 1.82. The second kappa shape index (κ2) is 6.79. The molecular formula is C18H14FN3O. The topological polar surface area (TPSA) is 54.9 Å². The van der Waals surface area contributed by atoms with Crippen LogP contribution in [0.4, 0.5) is 4.39 Å². The molecule has 0 saturated carbocycles. The molecule has 0 radical (unpaired) electrons. The molecule has 0 fully saturated rings. The fourth-order valence-corrected chi connectivity index (χ4v) is 2.28. The molecule has 0 spiro atoms. The fourth-order valence-electron chi connectivity index (χ4n) is 2.28. The number of nitrogens with one attached hydrogen (secondary N) is 1. The Kier molecular flexibility index (Phi) is 4.38. The van der Waals surface area contributed by atoms with Crippen LogP contribution < -0.4 is 5.32 Å². The summed E-state index contributed by atoms with van der Waals surface area (Å²) in [6, 6.07) is 17.2. The molecule has 3 aromatic rings. The van der Waals surface area contributed by atoms with E-state index >= 15 is 0 Å². The first-order valence-electron chi connectivity index (χ1n) is 7.12. The summed E-state index contributed by atoms with van der Waals surface area (Å²) in [6.07, 6.45) is 2.94. The van der Waals surface area contributed by atoms with Gasteiger partial charge in [-0.3, -0.25) is 9.78 Å². The van der Waals surface area contributed by atoms with Crippen LogP contribution in [0.25, 0.3) is 0 Å². The molecule has 0 aliphatic heterocycles. The Morgan fingerprint density at radius 1 is 0.957 bits per heavy atom. The molecule has 114 valence electrons. The zero-order valence-corrected chi connectivity index (χ0v) is 12.2. The molecule has 2 aromatic heterocycles. The molecule has 5 heteroatoms. The molecule has 2 heterocycles. The Hall–Kier alpha value is -3.08. The molecule has 0 aliphatic carbocycles. The van der Waals surface area contributed by atoms with Gasteiger partial charge in [-0.25, -0.2) is 4.98 Å². The Morgan fingerprint density at radius 2 is 1.74 bits per heavy atom. The number of carbonyl (C=O) groups excluding carboxylic acids is 1. The van der Waals surface area contributed by atoms with Gasteiger partial charge in [-0.1, -0.05) is 36.4 Å². The van der Waals surface area contributed by atoms with E-state index in [9.17, 15) is 9.18 Å². The second-order valence-electron chi connectivity index (χ2n) is 4.94. The summed E-state index contributed by atoms with van der Waals surface area (Å²) >= 11 is 0. The van der Waals surface area contributed by atoms with Crippen LogP contribution >= 0.6 is 0 Å². The lowest BCUT2D eigenvalue weighted by Gasteiger charge is -2.19. The lowest BCUT2D eigenvalue weighted by molar-refractivity contribution is 0.0941. The van der Waals surface area contributed by atoms with Crippen molar-refractivity contribution in [2.75, 3.05) is 0 Å². The lowest BCUT2D eigenvalue weighted by Crippen LogP contribution is -2.30. The summed E-state index contributed by atoms with van der Waals surface area (Å²) in [7, 11) is 0. The minimum Gasteiger partial charge on any atom is -0.340 e. The van der Waals surface area contributed by atoms with Gasteiger partial charge in [0.25, 0.3) is 5.91 Å².